The van der Waals surface area contributed by atoms with Crippen LogP contribution in [0.4, 0.5) is 8.78 Å². The number of likely N-dealkylation sites (tertiary alicyclic amines) is 1. The molecular formula is C14H24F2N2O. The summed E-state index contributed by atoms with van der Waals surface area (Å²) in [4.78, 5) is 13.1. The van der Waals surface area contributed by atoms with E-state index in [9.17, 15) is 13.6 Å². The Hall–Kier alpha value is -0.710. The number of carbonyl (C=O) groups excluding carboxylic acids is 1. The van der Waals surface area contributed by atoms with Crippen molar-refractivity contribution in [2.24, 2.45) is 11.3 Å². The smallest absolute Gasteiger partial charge is 0.256 e. The first kappa shape index (κ1) is 14.7. The standard InChI is InChI=1S/C14H24F2N2O/c1-10(2)13(8-14(13,15)16)9-18-6-4-12(5-7-18)17-11(3)19/h10,12H,4-9H2,1-3H3,(H,17,19). The van der Waals surface area contributed by atoms with Crippen LogP contribution in [-0.2, 0) is 4.79 Å². The number of carbonyl (C=O) groups is 1. The number of rotatable bonds is 4. The molecule has 110 valence electrons. The zero-order valence-electron chi connectivity index (χ0n) is 12.0. The number of amides is 1. The van der Waals surface area contributed by atoms with Gasteiger partial charge in [0.1, 0.15) is 0 Å². The molecule has 1 unspecified atom stereocenters. The highest BCUT2D eigenvalue weighted by Gasteiger charge is 2.72. The summed E-state index contributed by atoms with van der Waals surface area (Å²) in [5.41, 5.74) is -0.812. The van der Waals surface area contributed by atoms with E-state index >= 15 is 0 Å². The average Bonchev–Trinajstić information content (AvgIpc) is 2.84. The predicted octanol–water partition coefficient (Wildman–Crippen LogP) is 2.27. The Labute approximate surface area is 113 Å². The van der Waals surface area contributed by atoms with E-state index in [2.05, 4.69) is 10.2 Å². The van der Waals surface area contributed by atoms with Crippen molar-refractivity contribution in [2.75, 3.05) is 19.6 Å². The second kappa shape index (κ2) is 5.00. The van der Waals surface area contributed by atoms with E-state index in [-0.39, 0.29) is 24.3 Å². The van der Waals surface area contributed by atoms with Crippen LogP contribution < -0.4 is 5.32 Å². The van der Waals surface area contributed by atoms with Crippen molar-refractivity contribution < 1.29 is 13.6 Å². The fourth-order valence-corrected chi connectivity index (χ4v) is 3.25. The van der Waals surface area contributed by atoms with Gasteiger partial charge in [0.2, 0.25) is 5.91 Å². The molecule has 0 radical (unpaired) electrons. The minimum Gasteiger partial charge on any atom is -0.354 e. The minimum atomic E-state index is -2.49. The molecule has 1 saturated heterocycles. The second-order valence-electron chi connectivity index (χ2n) is 6.44. The molecule has 2 rings (SSSR count). The molecule has 1 aliphatic heterocycles. The highest BCUT2D eigenvalue weighted by Crippen LogP contribution is 2.65. The maximum Gasteiger partial charge on any atom is 0.256 e. The van der Waals surface area contributed by atoms with Crippen LogP contribution in [0.5, 0.6) is 0 Å². The zero-order valence-corrected chi connectivity index (χ0v) is 12.0. The summed E-state index contributed by atoms with van der Waals surface area (Å²) in [5, 5.41) is 2.91. The van der Waals surface area contributed by atoms with Gasteiger partial charge in [-0.3, -0.25) is 4.79 Å². The maximum atomic E-state index is 13.6. The van der Waals surface area contributed by atoms with Gasteiger partial charge in [-0.2, -0.15) is 0 Å². The SMILES string of the molecule is CC(=O)NC1CCN(CC2(C(C)C)CC2(F)F)CC1. The number of hydrogen-bond donors (Lipinski definition) is 1. The number of halogens is 2. The molecule has 0 spiro atoms. The van der Waals surface area contributed by atoms with Crippen molar-refractivity contribution >= 4 is 5.91 Å². The lowest BCUT2D eigenvalue weighted by atomic mass is 9.90. The Balaban J connectivity index is 1.84. The summed E-state index contributed by atoms with van der Waals surface area (Å²) in [6.45, 7) is 7.40. The molecule has 5 heteroatoms. The van der Waals surface area contributed by atoms with Crippen LogP contribution >= 0.6 is 0 Å². The molecule has 0 aromatic rings. The van der Waals surface area contributed by atoms with Gasteiger partial charge in [-0.1, -0.05) is 13.8 Å². The van der Waals surface area contributed by atoms with E-state index in [0.29, 0.717) is 6.54 Å². The minimum absolute atomic E-state index is 0.00849. The van der Waals surface area contributed by atoms with Crippen molar-refractivity contribution in [3.63, 3.8) is 0 Å². The van der Waals surface area contributed by atoms with Gasteiger partial charge in [0.15, 0.2) is 0 Å². The Morgan fingerprint density at radius 1 is 1.37 bits per heavy atom. The highest BCUT2D eigenvalue weighted by molar-refractivity contribution is 5.73. The molecule has 2 fully saturated rings. The van der Waals surface area contributed by atoms with Crippen LogP contribution in [0.25, 0.3) is 0 Å². The Kier molecular flexibility index (Phi) is 3.87. The van der Waals surface area contributed by atoms with E-state index < -0.39 is 11.3 Å². The van der Waals surface area contributed by atoms with Gasteiger partial charge in [0, 0.05) is 39.0 Å². The Morgan fingerprint density at radius 2 is 1.89 bits per heavy atom. The molecule has 2 aliphatic rings. The lowest BCUT2D eigenvalue weighted by Crippen LogP contribution is -2.46. The normalized spacial score (nSPS) is 31.5. The van der Waals surface area contributed by atoms with E-state index in [1.54, 1.807) is 0 Å². The molecule has 1 heterocycles. The van der Waals surface area contributed by atoms with Crippen LogP contribution in [-0.4, -0.2) is 42.4 Å². The molecule has 1 aliphatic carbocycles. The van der Waals surface area contributed by atoms with Crippen LogP contribution in [0.1, 0.15) is 40.0 Å². The molecule has 1 N–H and O–H groups in total. The number of alkyl halides is 2. The summed E-state index contributed by atoms with van der Waals surface area (Å²) < 4.78 is 27.2. The summed E-state index contributed by atoms with van der Waals surface area (Å²) in [5.74, 6) is -2.49. The Bertz CT molecular complexity index is 351. The van der Waals surface area contributed by atoms with Crippen molar-refractivity contribution in [3.05, 3.63) is 0 Å². The lowest BCUT2D eigenvalue weighted by Gasteiger charge is -2.35. The van der Waals surface area contributed by atoms with Gasteiger partial charge in [0.25, 0.3) is 5.92 Å². The second-order valence-corrected chi connectivity index (χ2v) is 6.44. The van der Waals surface area contributed by atoms with E-state index in [0.717, 1.165) is 25.9 Å². The van der Waals surface area contributed by atoms with Gasteiger partial charge in [-0.15, -0.1) is 0 Å². The number of nitrogens with zero attached hydrogens (tertiary/aromatic N) is 1. The van der Waals surface area contributed by atoms with Gasteiger partial charge >= 0.3 is 0 Å². The van der Waals surface area contributed by atoms with Crippen molar-refractivity contribution in [1.82, 2.24) is 10.2 Å². The van der Waals surface area contributed by atoms with Gasteiger partial charge < -0.3 is 10.2 Å². The van der Waals surface area contributed by atoms with E-state index in [1.807, 2.05) is 13.8 Å². The van der Waals surface area contributed by atoms with Gasteiger partial charge in [0.05, 0.1) is 5.41 Å². The first-order chi connectivity index (χ1) is 8.77. The first-order valence-electron chi connectivity index (χ1n) is 7.14. The first-order valence-corrected chi connectivity index (χ1v) is 7.14. The van der Waals surface area contributed by atoms with Gasteiger partial charge in [-0.05, 0) is 18.8 Å². The summed E-state index contributed by atoms with van der Waals surface area (Å²) in [6, 6.07) is 0.212. The van der Waals surface area contributed by atoms with Crippen molar-refractivity contribution in [2.45, 2.75) is 52.0 Å². The zero-order chi connectivity index (χ0) is 14.3. The fraction of sp³-hybridized carbons (Fsp3) is 0.929. The van der Waals surface area contributed by atoms with E-state index in [4.69, 9.17) is 0 Å². The number of nitrogens with one attached hydrogen (secondary N) is 1. The molecule has 0 aromatic carbocycles. The summed E-state index contributed by atoms with van der Waals surface area (Å²) in [7, 11) is 0. The Morgan fingerprint density at radius 3 is 2.26 bits per heavy atom. The summed E-state index contributed by atoms with van der Waals surface area (Å²) in [6.07, 6.45) is 1.75. The molecule has 1 saturated carbocycles. The molecule has 1 atom stereocenters. The maximum absolute atomic E-state index is 13.6. The predicted molar refractivity (Wildman–Crippen MR) is 70.1 cm³/mol. The lowest BCUT2D eigenvalue weighted by molar-refractivity contribution is -0.120. The molecular weight excluding hydrogens is 250 g/mol. The third kappa shape index (κ3) is 2.91. The van der Waals surface area contributed by atoms with Crippen LogP contribution in [0.2, 0.25) is 0 Å². The molecule has 3 nitrogen and oxygen atoms in total. The monoisotopic (exact) mass is 274 g/mol. The third-order valence-corrected chi connectivity index (χ3v) is 4.75. The fourth-order valence-electron chi connectivity index (χ4n) is 3.25. The third-order valence-electron chi connectivity index (χ3n) is 4.75. The quantitative estimate of drug-likeness (QED) is 0.853. The van der Waals surface area contributed by atoms with Crippen molar-refractivity contribution in [1.29, 1.82) is 0 Å². The van der Waals surface area contributed by atoms with Gasteiger partial charge in [-0.25, -0.2) is 8.78 Å². The average molecular weight is 274 g/mol. The topological polar surface area (TPSA) is 32.3 Å². The highest BCUT2D eigenvalue weighted by atomic mass is 19.3. The molecule has 1 amide bonds. The van der Waals surface area contributed by atoms with E-state index in [1.165, 1.54) is 6.92 Å². The van der Waals surface area contributed by atoms with Crippen LogP contribution in [0, 0.1) is 11.3 Å². The summed E-state index contributed by atoms with van der Waals surface area (Å²) >= 11 is 0. The van der Waals surface area contributed by atoms with Crippen LogP contribution in [0.15, 0.2) is 0 Å². The van der Waals surface area contributed by atoms with Crippen molar-refractivity contribution in [3.8, 4) is 0 Å². The molecule has 0 bridgehead atoms. The molecule has 19 heavy (non-hydrogen) atoms. The van der Waals surface area contributed by atoms with Crippen LogP contribution in [0.3, 0.4) is 0 Å². The number of hydrogen-bond acceptors (Lipinski definition) is 2. The molecule has 0 aromatic heterocycles. The number of piperidine rings is 1. The largest absolute Gasteiger partial charge is 0.354 e.